The molecule has 1 amide bonds. The number of nitrogens with zero attached hydrogens (tertiary/aromatic N) is 2. The smallest absolute Gasteiger partial charge is 0.380 e. The molecule has 184 valence electrons. The molecule has 5 rings (SSSR count). The van der Waals surface area contributed by atoms with Crippen LogP contribution in [0.15, 0.2) is 54.7 Å². The van der Waals surface area contributed by atoms with Crippen LogP contribution >= 0.6 is 0 Å². The lowest BCUT2D eigenvalue weighted by Crippen LogP contribution is -2.47. The van der Waals surface area contributed by atoms with Crippen molar-refractivity contribution in [3.05, 3.63) is 65.9 Å². The van der Waals surface area contributed by atoms with E-state index < -0.39 is 17.6 Å². The lowest BCUT2D eigenvalue weighted by atomic mass is 9.88. The number of hydrogen-bond acceptors (Lipinski definition) is 4. The lowest BCUT2D eigenvalue weighted by molar-refractivity contribution is -0.137. The Morgan fingerprint density at radius 2 is 1.77 bits per heavy atom. The molecule has 2 heterocycles. The van der Waals surface area contributed by atoms with Crippen LogP contribution in [0.2, 0.25) is 0 Å². The van der Waals surface area contributed by atoms with Gasteiger partial charge in [-0.15, -0.1) is 0 Å². The van der Waals surface area contributed by atoms with Crippen molar-refractivity contribution in [1.29, 1.82) is 0 Å². The molecule has 5 nitrogen and oxygen atoms in total. The van der Waals surface area contributed by atoms with Crippen molar-refractivity contribution in [2.24, 2.45) is 0 Å². The van der Waals surface area contributed by atoms with Crippen LogP contribution < -0.4 is 10.6 Å². The Morgan fingerprint density at radius 1 is 0.971 bits per heavy atom. The molecule has 8 heteroatoms. The molecule has 1 saturated heterocycles. The Bertz CT molecular complexity index is 1210. The van der Waals surface area contributed by atoms with Gasteiger partial charge in [-0.25, -0.2) is 0 Å². The van der Waals surface area contributed by atoms with E-state index in [1.165, 1.54) is 6.07 Å². The number of pyridine rings is 1. The summed E-state index contributed by atoms with van der Waals surface area (Å²) in [5.74, 6) is -0.454. The van der Waals surface area contributed by atoms with Crippen molar-refractivity contribution in [2.45, 2.75) is 56.8 Å². The molecule has 2 aliphatic rings. The van der Waals surface area contributed by atoms with Crippen LogP contribution in [0, 0.1) is 0 Å². The molecule has 2 N–H and O–H groups in total. The SMILES string of the molecule is O=C(Nc1ccc2cccnc2c1)c1ccc(C(F)(F)F)cc1N[C@H]1CCCC[C@@H]1N1CCCC1. The number of carbonyl (C=O) groups excluding carboxylic acids is 1. The summed E-state index contributed by atoms with van der Waals surface area (Å²) >= 11 is 0. The fourth-order valence-electron chi connectivity index (χ4n) is 5.37. The highest BCUT2D eigenvalue weighted by molar-refractivity contribution is 6.08. The van der Waals surface area contributed by atoms with Crippen molar-refractivity contribution in [1.82, 2.24) is 9.88 Å². The zero-order valence-corrected chi connectivity index (χ0v) is 19.4. The number of halogens is 3. The summed E-state index contributed by atoms with van der Waals surface area (Å²) in [6.45, 7) is 2.05. The second-order valence-electron chi connectivity index (χ2n) is 9.47. The van der Waals surface area contributed by atoms with E-state index in [2.05, 4.69) is 20.5 Å². The molecule has 2 fully saturated rings. The lowest BCUT2D eigenvalue weighted by Gasteiger charge is -2.39. The molecule has 0 bridgehead atoms. The standard InChI is InChI=1S/C27H29F3N4O/c28-27(29,30)19-10-12-21(26(35)32-20-11-9-18-6-5-13-31-23(18)17-20)24(16-19)33-22-7-1-2-8-25(22)34-14-3-4-15-34/h5-6,9-13,16-17,22,25,33H,1-4,7-8,14-15H2,(H,32,35)/t22-,25-/m0/s1. The molecule has 1 saturated carbocycles. The van der Waals surface area contributed by atoms with E-state index in [0.29, 0.717) is 5.69 Å². The molecule has 2 atom stereocenters. The number of alkyl halides is 3. The molecular formula is C27H29F3N4O. The molecule has 1 aliphatic heterocycles. The first kappa shape index (κ1) is 23.6. The van der Waals surface area contributed by atoms with Gasteiger partial charge in [0.25, 0.3) is 5.91 Å². The molecule has 1 aromatic heterocycles. The second kappa shape index (κ2) is 9.85. The van der Waals surface area contributed by atoms with E-state index in [1.54, 1.807) is 18.3 Å². The summed E-state index contributed by atoms with van der Waals surface area (Å²) in [4.78, 5) is 20.0. The summed E-state index contributed by atoms with van der Waals surface area (Å²) in [5, 5.41) is 7.15. The van der Waals surface area contributed by atoms with Crippen LogP contribution in [-0.4, -0.2) is 41.0 Å². The number of rotatable bonds is 5. The molecule has 0 spiro atoms. The third-order valence-electron chi connectivity index (χ3n) is 7.14. The fourth-order valence-corrected chi connectivity index (χ4v) is 5.37. The molecule has 2 aromatic carbocycles. The minimum absolute atomic E-state index is 0.00162. The third kappa shape index (κ3) is 5.27. The van der Waals surface area contributed by atoms with Crippen molar-refractivity contribution < 1.29 is 18.0 Å². The number of fused-ring (bicyclic) bond motifs is 1. The Balaban J connectivity index is 1.43. The van der Waals surface area contributed by atoms with Crippen LogP contribution in [0.3, 0.4) is 0 Å². The summed E-state index contributed by atoms with van der Waals surface area (Å²) < 4.78 is 40.7. The summed E-state index contributed by atoms with van der Waals surface area (Å²) in [7, 11) is 0. The molecule has 35 heavy (non-hydrogen) atoms. The normalized spacial score (nSPS) is 21.2. The summed E-state index contributed by atoms with van der Waals surface area (Å²) in [6.07, 6.45) is 3.51. The van der Waals surface area contributed by atoms with Crippen molar-refractivity contribution in [3.8, 4) is 0 Å². The first-order chi connectivity index (χ1) is 16.9. The fraction of sp³-hybridized carbons (Fsp3) is 0.407. The van der Waals surface area contributed by atoms with Crippen LogP contribution in [-0.2, 0) is 6.18 Å². The zero-order valence-electron chi connectivity index (χ0n) is 19.4. The maximum atomic E-state index is 13.6. The van der Waals surface area contributed by atoms with Crippen molar-refractivity contribution >= 4 is 28.2 Å². The molecule has 1 aliphatic carbocycles. The van der Waals surface area contributed by atoms with Crippen LogP contribution in [0.4, 0.5) is 24.5 Å². The summed E-state index contributed by atoms with van der Waals surface area (Å²) in [5.41, 5.74) is 0.934. The highest BCUT2D eigenvalue weighted by Crippen LogP contribution is 2.35. The molecular weight excluding hydrogens is 453 g/mol. The van der Waals surface area contributed by atoms with Gasteiger partial charge < -0.3 is 10.6 Å². The number of aromatic nitrogens is 1. The number of hydrogen-bond donors (Lipinski definition) is 2. The minimum atomic E-state index is -4.49. The van der Waals surface area contributed by atoms with Crippen LogP contribution in [0.25, 0.3) is 10.9 Å². The van der Waals surface area contributed by atoms with E-state index in [1.807, 2.05) is 18.2 Å². The topological polar surface area (TPSA) is 57.3 Å². The van der Waals surface area contributed by atoms with Gasteiger partial charge in [0.1, 0.15) is 0 Å². The zero-order chi connectivity index (χ0) is 24.4. The first-order valence-electron chi connectivity index (χ1n) is 12.3. The maximum absolute atomic E-state index is 13.6. The largest absolute Gasteiger partial charge is 0.416 e. The van der Waals surface area contributed by atoms with Crippen molar-refractivity contribution in [3.63, 3.8) is 0 Å². The van der Waals surface area contributed by atoms with Gasteiger partial charge in [-0.05, 0) is 75.2 Å². The van der Waals surface area contributed by atoms with E-state index in [4.69, 9.17) is 0 Å². The monoisotopic (exact) mass is 482 g/mol. The molecule has 0 radical (unpaired) electrons. The number of carbonyl (C=O) groups is 1. The molecule has 3 aromatic rings. The predicted molar refractivity (Wildman–Crippen MR) is 132 cm³/mol. The maximum Gasteiger partial charge on any atom is 0.416 e. The van der Waals surface area contributed by atoms with Gasteiger partial charge in [-0.2, -0.15) is 13.2 Å². The third-order valence-corrected chi connectivity index (χ3v) is 7.14. The first-order valence-corrected chi connectivity index (χ1v) is 12.3. The highest BCUT2D eigenvalue weighted by atomic mass is 19.4. The van der Waals surface area contributed by atoms with E-state index in [-0.39, 0.29) is 23.3 Å². The number of nitrogens with one attached hydrogen (secondary N) is 2. The summed E-state index contributed by atoms with van der Waals surface area (Å²) in [6, 6.07) is 12.7. The highest BCUT2D eigenvalue weighted by Gasteiger charge is 2.34. The van der Waals surface area contributed by atoms with Crippen molar-refractivity contribution in [2.75, 3.05) is 23.7 Å². The molecule has 0 unspecified atom stereocenters. The minimum Gasteiger partial charge on any atom is -0.380 e. The Labute approximate surface area is 202 Å². The number of anilines is 2. The predicted octanol–water partition coefficient (Wildman–Crippen LogP) is 6.32. The number of benzene rings is 2. The van der Waals surface area contributed by atoms with Crippen LogP contribution in [0.5, 0.6) is 0 Å². The van der Waals surface area contributed by atoms with E-state index >= 15 is 0 Å². The van der Waals surface area contributed by atoms with Crippen LogP contribution in [0.1, 0.15) is 54.4 Å². The Morgan fingerprint density at radius 3 is 2.57 bits per heavy atom. The number of likely N-dealkylation sites (tertiary alicyclic amines) is 1. The van der Waals surface area contributed by atoms with Gasteiger partial charge in [0.05, 0.1) is 16.6 Å². The second-order valence-corrected chi connectivity index (χ2v) is 9.47. The van der Waals surface area contributed by atoms with E-state index in [0.717, 1.165) is 74.7 Å². The quantitative estimate of drug-likeness (QED) is 0.447. The Kier molecular flexibility index (Phi) is 6.65. The van der Waals surface area contributed by atoms with Gasteiger partial charge in [0.15, 0.2) is 0 Å². The average Bonchev–Trinajstić information content (AvgIpc) is 3.38. The van der Waals surface area contributed by atoms with Gasteiger partial charge in [-0.3, -0.25) is 14.7 Å². The Hall–Kier alpha value is -3.13. The van der Waals surface area contributed by atoms with Gasteiger partial charge >= 0.3 is 6.18 Å². The van der Waals surface area contributed by atoms with Gasteiger partial charge in [-0.1, -0.05) is 25.0 Å². The number of amides is 1. The van der Waals surface area contributed by atoms with Gasteiger partial charge in [0, 0.05) is 35.0 Å². The van der Waals surface area contributed by atoms with E-state index in [9.17, 15) is 18.0 Å². The van der Waals surface area contributed by atoms with Gasteiger partial charge in [0.2, 0.25) is 0 Å². The average molecular weight is 483 g/mol.